The Balaban J connectivity index is 2.09. The Labute approximate surface area is 133 Å². The minimum Gasteiger partial charge on any atom is -0.309 e. The highest BCUT2D eigenvalue weighted by Gasteiger charge is 2.24. The molecule has 3 rings (SSSR count). The average Bonchev–Trinajstić information content (AvgIpc) is 2.62. The topological polar surface area (TPSA) is 12.0 Å². The Bertz CT molecular complexity index is 643. The quantitative estimate of drug-likeness (QED) is 0.702. The van der Waals surface area contributed by atoms with Gasteiger partial charge in [0.05, 0.1) is 5.78 Å². The molecule has 0 heterocycles. The van der Waals surface area contributed by atoms with Crippen LogP contribution in [0.15, 0.2) is 91.0 Å². The smallest absolute Gasteiger partial charge is 0.0603 e. The van der Waals surface area contributed by atoms with Gasteiger partial charge in [-0.25, -0.2) is 0 Å². The van der Waals surface area contributed by atoms with Crippen molar-refractivity contribution < 1.29 is 0 Å². The summed E-state index contributed by atoms with van der Waals surface area (Å²) in [5, 5.41) is 6.33. The van der Waals surface area contributed by atoms with Crippen LogP contribution in [0.1, 0.15) is 11.3 Å². The second kappa shape index (κ2) is 7.35. The molecule has 110 valence electrons. The predicted octanol–water partition coefficient (Wildman–Crippen LogP) is 4.04. The molecule has 0 aliphatic carbocycles. The van der Waals surface area contributed by atoms with E-state index in [9.17, 15) is 0 Å². The molecule has 2 heteroatoms. The number of nitrogens with one attached hydrogen (secondary N) is 1. The van der Waals surface area contributed by atoms with E-state index in [0.717, 1.165) is 0 Å². The summed E-state index contributed by atoms with van der Waals surface area (Å²) in [5.41, 5.74) is 1.34. The van der Waals surface area contributed by atoms with Gasteiger partial charge in [0.2, 0.25) is 0 Å². The molecule has 22 heavy (non-hydrogen) atoms. The molecular formula is C20H20NP. The molecule has 0 aliphatic heterocycles. The van der Waals surface area contributed by atoms with Gasteiger partial charge >= 0.3 is 0 Å². The summed E-state index contributed by atoms with van der Waals surface area (Å²) >= 11 is 0. The van der Waals surface area contributed by atoms with Crippen LogP contribution in [0.5, 0.6) is 0 Å². The first-order valence-corrected chi connectivity index (χ1v) is 8.93. The second-order valence-electron chi connectivity index (χ2n) is 5.14. The molecule has 0 radical (unpaired) electrons. The minimum atomic E-state index is -0.502. The van der Waals surface area contributed by atoms with Crippen molar-refractivity contribution >= 4 is 18.5 Å². The van der Waals surface area contributed by atoms with E-state index in [1.165, 1.54) is 16.2 Å². The maximum absolute atomic E-state index is 3.54. The third kappa shape index (κ3) is 3.27. The first-order chi connectivity index (χ1) is 10.9. The van der Waals surface area contributed by atoms with Crippen molar-refractivity contribution in [3.8, 4) is 0 Å². The van der Waals surface area contributed by atoms with Crippen LogP contribution < -0.4 is 15.9 Å². The second-order valence-corrected chi connectivity index (χ2v) is 7.43. The molecule has 0 saturated heterocycles. The molecule has 1 N–H and O–H groups in total. The zero-order valence-electron chi connectivity index (χ0n) is 12.7. The molecule has 0 saturated carbocycles. The van der Waals surface area contributed by atoms with Crippen molar-refractivity contribution in [1.82, 2.24) is 5.32 Å². The Morgan fingerprint density at radius 3 is 1.45 bits per heavy atom. The van der Waals surface area contributed by atoms with Gasteiger partial charge in [-0.3, -0.25) is 0 Å². The van der Waals surface area contributed by atoms with Gasteiger partial charge in [0, 0.05) is 0 Å². The van der Waals surface area contributed by atoms with Crippen LogP contribution in [0.4, 0.5) is 0 Å². The Hall–Kier alpha value is -1.95. The van der Waals surface area contributed by atoms with Crippen molar-refractivity contribution in [3.63, 3.8) is 0 Å². The van der Waals surface area contributed by atoms with Gasteiger partial charge in [0.25, 0.3) is 0 Å². The lowest BCUT2D eigenvalue weighted by Gasteiger charge is -2.28. The molecule has 3 aromatic carbocycles. The fourth-order valence-electron chi connectivity index (χ4n) is 2.70. The number of benzene rings is 3. The van der Waals surface area contributed by atoms with Crippen LogP contribution in [-0.2, 0) is 0 Å². The Morgan fingerprint density at radius 1 is 0.636 bits per heavy atom. The van der Waals surface area contributed by atoms with E-state index in [4.69, 9.17) is 0 Å². The molecule has 0 amide bonds. The summed E-state index contributed by atoms with van der Waals surface area (Å²) in [6.45, 7) is 0. The normalized spacial score (nSPS) is 12.3. The molecule has 1 unspecified atom stereocenters. The van der Waals surface area contributed by atoms with Gasteiger partial charge in [-0.2, -0.15) is 0 Å². The van der Waals surface area contributed by atoms with Crippen LogP contribution in [-0.4, -0.2) is 7.05 Å². The summed E-state index contributed by atoms with van der Waals surface area (Å²) < 4.78 is 0. The third-order valence-electron chi connectivity index (χ3n) is 3.72. The monoisotopic (exact) mass is 305 g/mol. The maximum atomic E-state index is 3.54. The highest BCUT2D eigenvalue weighted by molar-refractivity contribution is 7.73. The molecule has 0 aromatic heterocycles. The first kappa shape index (κ1) is 15.0. The van der Waals surface area contributed by atoms with E-state index in [-0.39, 0.29) is 0 Å². The fraction of sp³-hybridized carbons (Fsp3) is 0.100. The van der Waals surface area contributed by atoms with Crippen molar-refractivity contribution in [2.45, 2.75) is 5.78 Å². The molecule has 0 spiro atoms. The van der Waals surface area contributed by atoms with E-state index >= 15 is 0 Å². The fourth-order valence-corrected chi connectivity index (χ4v) is 5.31. The first-order valence-electron chi connectivity index (χ1n) is 7.51. The van der Waals surface area contributed by atoms with Gasteiger partial charge in [0.15, 0.2) is 0 Å². The standard InChI is InChI=1S/C20H20NP/c1-21-20(17-11-5-2-6-12-17)22(18-13-7-3-8-14-18)19-15-9-4-10-16-19/h2-16,20-21H,1H3. The largest absolute Gasteiger partial charge is 0.309 e. The molecular weight excluding hydrogens is 285 g/mol. The van der Waals surface area contributed by atoms with Gasteiger partial charge < -0.3 is 5.32 Å². The Morgan fingerprint density at radius 2 is 1.05 bits per heavy atom. The maximum Gasteiger partial charge on any atom is 0.0603 e. The SMILES string of the molecule is CNC(c1ccccc1)P(c1ccccc1)c1ccccc1. The summed E-state index contributed by atoms with van der Waals surface area (Å²) in [7, 11) is 1.55. The van der Waals surface area contributed by atoms with E-state index in [0.29, 0.717) is 5.78 Å². The number of hydrogen-bond donors (Lipinski definition) is 1. The molecule has 1 nitrogen and oxygen atoms in total. The summed E-state index contributed by atoms with van der Waals surface area (Å²) in [5.74, 6) is 0.306. The van der Waals surface area contributed by atoms with Crippen LogP contribution >= 0.6 is 7.92 Å². The lowest BCUT2D eigenvalue weighted by atomic mass is 10.2. The molecule has 1 atom stereocenters. The number of rotatable bonds is 5. The highest BCUT2D eigenvalue weighted by Crippen LogP contribution is 2.47. The van der Waals surface area contributed by atoms with Crippen LogP contribution in [0.3, 0.4) is 0 Å². The van der Waals surface area contributed by atoms with Crippen molar-refractivity contribution in [2.75, 3.05) is 7.05 Å². The van der Waals surface area contributed by atoms with Crippen LogP contribution in [0, 0.1) is 0 Å². The molecule has 0 aliphatic rings. The lowest BCUT2D eigenvalue weighted by Crippen LogP contribution is -2.24. The van der Waals surface area contributed by atoms with Crippen LogP contribution in [0.25, 0.3) is 0 Å². The van der Waals surface area contributed by atoms with Gasteiger partial charge in [-0.15, -0.1) is 0 Å². The number of hydrogen-bond acceptors (Lipinski definition) is 1. The summed E-state index contributed by atoms with van der Waals surface area (Å²) in [6.07, 6.45) is 0. The molecule has 3 aromatic rings. The lowest BCUT2D eigenvalue weighted by molar-refractivity contribution is 0.787. The van der Waals surface area contributed by atoms with Gasteiger partial charge in [-0.1, -0.05) is 91.0 Å². The van der Waals surface area contributed by atoms with Crippen LogP contribution in [0.2, 0.25) is 0 Å². The van der Waals surface area contributed by atoms with Gasteiger partial charge in [-0.05, 0) is 31.1 Å². The molecule has 0 bridgehead atoms. The van der Waals surface area contributed by atoms with E-state index < -0.39 is 7.92 Å². The summed E-state index contributed by atoms with van der Waals surface area (Å²) in [6, 6.07) is 32.4. The zero-order valence-corrected chi connectivity index (χ0v) is 13.6. The predicted molar refractivity (Wildman–Crippen MR) is 97.3 cm³/mol. The molecule has 0 fully saturated rings. The van der Waals surface area contributed by atoms with E-state index in [1.54, 1.807) is 0 Å². The van der Waals surface area contributed by atoms with E-state index in [1.807, 2.05) is 0 Å². The highest BCUT2D eigenvalue weighted by atomic mass is 31.1. The van der Waals surface area contributed by atoms with Crippen molar-refractivity contribution in [3.05, 3.63) is 96.6 Å². The van der Waals surface area contributed by atoms with Crippen molar-refractivity contribution in [2.24, 2.45) is 0 Å². The minimum absolute atomic E-state index is 0.306. The average molecular weight is 305 g/mol. The summed E-state index contributed by atoms with van der Waals surface area (Å²) in [4.78, 5) is 0. The zero-order chi connectivity index (χ0) is 15.2. The van der Waals surface area contributed by atoms with Gasteiger partial charge in [0.1, 0.15) is 0 Å². The Kier molecular flexibility index (Phi) is 5.00. The van der Waals surface area contributed by atoms with Crippen molar-refractivity contribution in [1.29, 1.82) is 0 Å². The third-order valence-corrected chi connectivity index (χ3v) is 6.50. The van der Waals surface area contributed by atoms with E-state index in [2.05, 4.69) is 103 Å².